The van der Waals surface area contributed by atoms with Crippen LogP contribution >= 0.6 is 0 Å². The molecule has 22 nitrogen and oxygen atoms in total. The molecule has 6 amide bonds. The Bertz CT molecular complexity index is 1720. The number of primary amides is 1. The molecule has 0 aliphatic rings. The minimum absolute atomic E-state index is 0.0942. The minimum Gasteiger partial charge on any atom is -0.481 e. The highest BCUT2D eigenvalue weighted by molar-refractivity contribution is 7.85. The van der Waals surface area contributed by atoms with Crippen LogP contribution in [0.25, 0.3) is 0 Å². The predicted molar refractivity (Wildman–Crippen MR) is 189 cm³/mol. The molecular weight excluding hydrogens is 754 g/mol. The molecule has 0 unspecified atom stereocenters. The van der Waals surface area contributed by atoms with E-state index in [1.54, 1.807) is 13.8 Å². The van der Waals surface area contributed by atoms with Gasteiger partial charge in [0.05, 0.1) is 18.9 Å². The van der Waals surface area contributed by atoms with E-state index in [0.29, 0.717) is 0 Å². The molecule has 0 aromatic heterocycles. The molecule has 1 aromatic rings. The third kappa shape index (κ3) is 18.8. The summed E-state index contributed by atoms with van der Waals surface area (Å²) < 4.78 is 32.2. The number of carboxylic acid groups (broad SMARTS) is 3. The lowest BCUT2D eigenvalue weighted by Crippen LogP contribution is -2.59. The highest BCUT2D eigenvalue weighted by Crippen LogP contribution is 2.13. The summed E-state index contributed by atoms with van der Waals surface area (Å²) >= 11 is 0. The van der Waals surface area contributed by atoms with E-state index in [4.69, 9.17) is 16.6 Å². The first-order valence-corrected chi connectivity index (χ1v) is 18.2. The van der Waals surface area contributed by atoms with E-state index in [0.717, 1.165) is 6.92 Å². The molecule has 0 spiro atoms. The Morgan fingerprint density at radius 3 is 1.71 bits per heavy atom. The molecule has 306 valence electrons. The van der Waals surface area contributed by atoms with Crippen molar-refractivity contribution in [3.05, 3.63) is 35.4 Å². The van der Waals surface area contributed by atoms with Crippen LogP contribution in [0.3, 0.4) is 0 Å². The molecular formula is C32H47N7O15S. The van der Waals surface area contributed by atoms with E-state index in [2.05, 4.69) is 26.6 Å². The molecule has 0 fully saturated rings. The van der Waals surface area contributed by atoms with Crippen LogP contribution < -0.4 is 38.1 Å². The number of carbonyl (C=O) groups excluding carboxylic acids is 6. The summed E-state index contributed by atoms with van der Waals surface area (Å²) in [6.07, 6.45) is -3.49. The highest BCUT2D eigenvalue weighted by Gasteiger charge is 2.33. The number of benzene rings is 1. The van der Waals surface area contributed by atoms with Gasteiger partial charge < -0.3 is 53.4 Å². The zero-order valence-corrected chi connectivity index (χ0v) is 31.0. The molecule has 23 heteroatoms. The van der Waals surface area contributed by atoms with Gasteiger partial charge >= 0.3 is 17.9 Å². The summed E-state index contributed by atoms with van der Waals surface area (Å²) in [5, 5.41) is 38.7. The second kappa shape index (κ2) is 21.9. The average Bonchev–Trinajstić information content (AvgIpc) is 3.03. The monoisotopic (exact) mass is 801 g/mol. The number of carboxylic acids is 3. The molecule has 1 rings (SSSR count). The van der Waals surface area contributed by atoms with Crippen molar-refractivity contribution in [3.63, 3.8) is 0 Å². The first-order chi connectivity index (χ1) is 25.4. The molecule has 0 heterocycles. The van der Waals surface area contributed by atoms with Gasteiger partial charge in [-0.1, -0.05) is 38.1 Å². The fourth-order valence-corrected chi connectivity index (χ4v) is 5.52. The van der Waals surface area contributed by atoms with E-state index >= 15 is 0 Å². The van der Waals surface area contributed by atoms with Gasteiger partial charge in [-0.3, -0.25) is 47.7 Å². The molecule has 0 saturated carbocycles. The largest absolute Gasteiger partial charge is 0.481 e. The van der Waals surface area contributed by atoms with Crippen LogP contribution in [0.2, 0.25) is 0 Å². The Balaban J connectivity index is 3.43. The molecule has 0 bridgehead atoms. The molecule has 1 aromatic carbocycles. The summed E-state index contributed by atoms with van der Waals surface area (Å²) in [6.45, 7) is 4.60. The number of amides is 6. The number of nitrogens with two attached hydrogens (primary N) is 2. The van der Waals surface area contributed by atoms with Crippen molar-refractivity contribution in [1.82, 2.24) is 26.6 Å². The van der Waals surface area contributed by atoms with Crippen LogP contribution in [0, 0.1) is 5.92 Å². The fraction of sp³-hybridized carbons (Fsp3) is 0.531. The van der Waals surface area contributed by atoms with E-state index in [9.17, 15) is 66.3 Å². The fourth-order valence-electron chi connectivity index (χ4n) is 4.92. The number of nitrogens with one attached hydrogen (secondary N) is 5. The molecule has 13 N–H and O–H groups in total. The standard InChI is InChI=1S/C32H47N7O15S/c1-15(2)9-21(27(34)46)37-31(50)22(11-17-5-4-6-18(10-17)14-55(52,53)54)39-30(49)20(7-8-24(40)41)36-32(51)23(13-26(44)45)38-28(47)16(3)35-29(48)19(33)12-25(42)43/h4-6,10,15-16,19-23H,7-9,11-14,33H2,1-3H3,(H2,34,46)(H,35,48)(H,36,51)(H,37,50)(H,38,47)(H,39,49)(H,40,41)(H,42,43)(H,44,45)(H,52,53,54)/t16-,19-,20-,21-,22+,23-/m0/s1. The van der Waals surface area contributed by atoms with Crippen LogP contribution in [-0.2, 0) is 65.4 Å². The van der Waals surface area contributed by atoms with Crippen molar-refractivity contribution < 1.29 is 71.4 Å². The first-order valence-electron chi connectivity index (χ1n) is 16.6. The normalized spacial score (nSPS) is 14.5. The molecule has 6 atom stereocenters. The van der Waals surface area contributed by atoms with Gasteiger partial charge in [0, 0.05) is 12.8 Å². The van der Waals surface area contributed by atoms with E-state index < -0.39 is 131 Å². The molecule has 0 aliphatic carbocycles. The second-order valence-corrected chi connectivity index (χ2v) is 14.4. The number of aliphatic carboxylic acids is 3. The van der Waals surface area contributed by atoms with Crippen LogP contribution in [0.5, 0.6) is 0 Å². The van der Waals surface area contributed by atoms with Crippen molar-refractivity contribution in [1.29, 1.82) is 0 Å². The Hall–Kier alpha value is -5.68. The van der Waals surface area contributed by atoms with Crippen LogP contribution in [0.15, 0.2) is 24.3 Å². The quantitative estimate of drug-likeness (QED) is 0.0457. The van der Waals surface area contributed by atoms with E-state index in [-0.39, 0.29) is 29.9 Å². The highest BCUT2D eigenvalue weighted by atomic mass is 32.2. The summed E-state index contributed by atoms with van der Waals surface area (Å²) in [6, 6.07) is -4.00. The molecule has 0 saturated heterocycles. The smallest absolute Gasteiger partial charge is 0.305 e. The van der Waals surface area contributed by atoms with Crippen molar-refractivity contribution in [2.45, 2.75) is 101 Å². The maximum Gasteiger partial charge on any atom is 0.305 e. The summed E-state index contributed by atoms with van der Waals surface area (Å²) in [7, 11) is -4.47. The van der Waals surface area contributed by atoms with Crippen LogP contribution in [-0.4, -0.2) is 118 Å². The summed E-state index contributed by atoms with van der Waals surface area (Å²) in [5.41, 5.74) is 11.3. The zero-order chi connectivity index (χ0) is 42.2. The van der Waals surface area contributed by atoms with E-state index in [1.807, 2.05) is 0 Å². The predicted octanol–water partition coefficient (Wildman–Crippen LogP) is -3.27. The summed E-state index contributed by atoms with van der Waals surface area (Å²) in [5.74, 6) is -11.9. The van der Waals surface area contributed by atoms with Crippen LogP contribution in [0.1, 0.15) is 64.0 Å². The van der Waals surface area contributed by atoms with Gasteiger partial charge in [-0.15, -0.1) is 0 Å². The van der Waals surface area contributed by atoms with Gasteiger partial charge in [-0.05, 0) is 36.8 Å². The minimum atomic E-state index is -4.47. The van der Waals surface area contributed by atoms with Crippen molar-refractivity contribution in [2.24, 2.45) is 17.4 Å². The van der Waals surface area contributed by atoms with Crippen LogP contribution in [0.4, 0.5) is 0 Å². The Kier molecular flexibility index (Phi) is 18.8. The number of rotatable bonds is 24. The van der Waals surface area contributed by atoms with Gasteiger partial charge in [0.15, 0.2) is 0 Å². The van der Waals surface area contributed by atoms with Gasteiger partial charge in [0.1, 0.15) is 36.0 Å². The van der Waals surface area contributed by atoms with Crippen molar-refractivity contribution >= 4 is 63.5 Å². The van der Waals surface area contributed by atoms with Crippen molar-refractivity contribution in [2.75, 3.05) is 0 Å². The maximum absolute atomic E-state index is 13.7. The van der Waals surface area contributed by atoms with Gasteiger partial charge in [-0.2, -0.15) is 8.42 Å². The lowest BCUT2D eigenvalue weighted by molar-refractivity contribution is -0.141. The topological polar surface area (TPSA) is 381 Å². The Morgan fingerprint density at radius 2 is 1.18 bits per heavy atom. The Morgan fingerprint density at radius 1 is 0.673 bits per heavy atom. The zero-order valence-electron chi connectivity index (χ0n) is 30.1. The van der Waals surface area contributed by atoms with Gasteiger partial charge in [0.2, 0.25) is 35.4 Å². The maximum atomic E-state index is 13.7. The summed E-state index contributed by atoms with van der Waals surface area (Å²) in [4.78, 5) is 112. The molecule has 0 radical (unpaired) electrons. The SMILES string of the molecule is CC(C)C[C@H](NC(=O)[C@@H](Cc1cccc(CS(=O)(=O)O)c1)NC(=O)[C@H](CCC(=O)O)NC(=O)[C@H](CC(=O)O)NC(=O)[C@H](C)NC(=O)[C@@H](N)CC(=O)O)C(N)=O. The molecule has 55 heavy (non-hydrogen) atoms. The van der Waals surface area contributed by atoms with Gasteiger partial charge in [0.25, 0.3) is 10.1 Å². The lowest BCUT2D eigenvalue weighted by Gasteiger charge is -2.26. The molecule has 0 aliphatic heterocycles. The van der Waals surface area contributed by atoms with E-state index in [1.165, 1.54) is 24.3 Å². The third-order valence-electron chi connectivity index (χ3n) is 7.56. The number of hydrogen-bond acceptors (Lipinski definition) is 12. The lowest BCUT2D eigenvalue weighted by atomic mass is 10.00. The first kappa shape index (κ1) is 47.3. The number of hydrogen-bond donors (Lipinski definition) is 11. The van der Waals surface area contributed by atoms with Crippen molar-refractivity contribution in [3.8, 4) is 0 Å². The average molecular weight is 802 g/mol. The second-order valence-electron chi connectivity index (χ2n) is 13.0. The third-order valence-corrected chi connectivity index (χ3v) is 8.25. The Labute approximate surface area is 315 Å². The van der Waals surface area contributed by atoms with Gasteiger partial charge in [-0.25, -0.2) is 0 Å². The number of carbonyl (C=O) groups is 9.